The lowest BCUT2D eigenvalue weighted by molar-refractivity contribution is -0.186. The van der Waals surface area contributed by atoms with Crippen LogP contribution < -0.4 is 0 Å². The highest BCUT2D eigenvalue weighted by molar-refractivity contribution is 5.91. The molecule has 0 rings (SSSR count). The Morgan fingerprint density at radius 2 is 1.17 bits per heavy atom. The minimum absolute atomic E-state index is 0.0928. The van der Waals surface area contributed by atoms with Gasteiger partial charge in [0.1, 0.15) is 0 Å². The van der Waals surface area contributed by atoms with Gasteiger partial charge in [-0.3, -0.25) is 9.59 Å². The molecule has 0 aliphatic carbocycles. The molecule has 7 heteroatoms. The number of carboxylic acids is 1. The molecule has 2 atom stereocenters. The second-order valence-electron chi connectivity index (χ2n) is 11.0. The highest BCUT2D eigenvalue weighted by Crippen LogP contribution is 2.30. The summed E-state index contributed by atoms with van der Waals surface area (Å²) in [5, 5.41) is 20.7. The van der Waals surface area contributed by atoms with E-state index in [1.807, 2.05) is 6.92 Å². The molecule has 0 aromatic heterocycles. The third-order valence-electron chi connectivity index (χ3n) is 6.56. The smallest absolute Gasteiger partial charge is 0.339 e. The molecule has 0 aromatic carbocycles. The number of ether oxygens (including phenoxy) is 2. The molecule has 0 fully saturated rings. The zero-order valence-electron chi connectivity index (χ0n) is 23.7. The Balaban J connectivity index is 5.02. The van der Waals surface area contributed by atoms with E-state index in [-0.39, 0.29) is 19.6 Å². The molecule has 36 heavy (non-hydrogen) atoms. The standard InChI is InChI=1S/C29H54O7/c1-6-7-12-19-25(27(32)35-20-15-10-8-13-17-23(2)3)29(34,22-26(30)31)28(33)36-21-16-11-9-14-18-24(4)5/h23-25,34H,6-22H2,1-5H3,(H,30,31). The maximum atomic E-state index is 13.0. The Hall–Kier alpha value is -1.63. The molecule has 0 aromatic rings. The van der Waals surface area contributed by atoms with Crippen molar-refractivity contribution in [2.24, 2.45) is 17.8 Å². The molecule has 7 nitrogen and oxygen atoms in total. The van der Waals surface area contributed by atoms with Gasteiger partial charge in [0.15, 0.2) is 5.60 Å². The number of carbonyl (C=O) groups excluding carboxylic acids is 2. The van der Waals surface area contributed by atoms with Crippen LogP contribution in [0, 0.1) is 17.8 Å². The lowest BCUT2D eigenvalue weighted by Crippen LogP contribution is -2.52. The van der Waals surface area contributed by atoms with Gasteiger partial charge in [-0.15, -0.1) is 0 Å². The number of unbranched alkanes of at least 4 members (excludes halogenated alkanes) is 8. The minimum atomic E-state index is -2.44. The first-order valence-corrected chi connectivity index (χ1v) is 14.3. The van der Waals surface area contributed by atoms with Gasteiger partial charge in [-0.05, 0) is 31.1 Å². The van der Waals surface area contributed by atoms with Gasteiger partial charge in [-0.25, -0.2) is 4.79 Å². The second-order valence-corrected chi connectivity index (χ2v) is 11.0. The molecule has 212 valence electrons. The maximum Gasteiger partial charge on any atom is 0.339 e. The fraction of sp³-hybridized carbons (Fsp3) is 0.897. The number of hydrogen-bond acceptors (Lipinski definition) is 6. The van der Waals surface area contributed by atoms with Crippen molar-refractivity contribution >= 4 is 17.9 Å². The number of esters is 2. The summed E-state index contributed by atoms with van der Waals surface area (Å²) in [7, 11) is 0. The molecule has 0 bridgehead atoms. The van der Waals surface area contributed by atoms with Crippen LogP contribution in [-0.4, -0.2) is 46.9 Å². The van der Waals surface area contributed by atoms with Crippen LogP contribution in [0.25, 0.3) is 0 Å². The van der Waals surface area contributed by atoms with Crippen LogP contribution in [-0.2, 0) is 23.9 Å². The summed E-state index contributed by atoms with van der Waals surface area (Å²) in [6.45, 7) is 11.0. The summed E-state index contributed by atoms with van der Waals surface area (Å²) in [5.41, 5.74) is -2.44. The van der Waals surface area contributed by atoms with Crippen molar-refractivity contribution in [3.63, 3.8) is 0 Å². The van der Waals surface area contributed by atoms with Crippen LogP contribution in [0.5, 0.6) is 0 Å². The molecule has 0 saturated heterocycles. The van der Waals surface area contributed by atoms with Crippen molar-refractivity contribution in [1.82, 2.24) is 0 Å². The van der Waals surface area contributed by atoms with Crippen LogP contribution >= 0.6 is 0 Å². The van der Waals surface area contributed by atoms with E-state index in [1.54, 1.807) is 0 Å². The molecular formula is C29H54O7. The first-order chi connectivity index (χ1) is 17.0. The highest BCUT2D eigenvalue weighted by atomic mass is 16.6. The molecular weight excluding hydrogens is 460 g/mol. The SMILES string of the molecule is CCCCCC(C(=O)OCCCCCCC(C)C)C(O)(CC(=O)O)C(=O)OCCCCCCC(C)C. The Bertz CT molecular complexity index is 602. The van der Waals surface area contributed by atoms with Crippen LogP contribution in [0.4, 0.5) is 0 Å². The van der Waals surface area contributed by atoms with Gasteiger partial charge in [0.2, 0.25) is 0 Å². The lowest BCUT2D eigenvalue weighted by atomic mass is 9.81. The highest BCUT2D eigenvalue weighted by Gasteiger charge is 2.51. The van der Waals surface area contributed by atoms with Gasteiger partial charge in [-0.1, -0.05) is 105 Å². The summed E-state index contributed by atoms with van der Waals surface area (Å²) in [5.74, 6) is -3.06. The van der Waals surface area contributed by atoms with E-state index >= 15 is 0 Å². The van der Waals surface area contributed by atoms with Crippen molar-refractivity contribution in [2.45, 2.75) is 137 Å². The first-order valence-electron chi connectivity index (χ1n) is 14.3. The zero-order valence-corrected chi connectivity index (χ0v) is 23.7. The van der Waals surface area contributed by atoms with Gasteiger partial charge in [0.25, 0.3) is 0 Å². The molecule has 2 unspecified atom stereocenters. The summed E-state index contributed by atoms with van der Waals surface area (Å²) < 4.78 is 10.7. The van der Waals surface area contributed by atoms with Crippen molar-refractivity contribution in [3.05, 3.63) is 0 Å². The number of rotatable bonds is 23. The fourth-order valence-electron chi connectivity index (χ4n) is 4.30. The summed E-state index contributed by atoms with van der Waals surface area (Å²) >= 11 is 0. The predicted molar refractivity (Wildman–Crippen MR) is 143 cm³/mol. The van der Waals surface area contributed by atoms with E-state index < -0.39 is 35.8 Å². The monoisotopic (exact) mass is 514 g/mol. The first kappa shape index (κ1) is 34.4. The van der Waals surface area contributed by atoms with Crippen LogP contribution in [0.1, 0.15) is 131 Å². The Labute approximate surface area is 219 Å². The molecule has 0 radical (unpaired) electrons. The lowest BCUT2D eigenvalue weighted by Gasteiger charge is -2.31. The summed E-state index contributed by atoms with van der Waals surface area (Å²) in [4.78, 5) is 37.5. The molecule has 0 amide bonds. The van der Waals surface area contributed by atoms with E-state index in [0.717, 1.165) is 57.8 Å². The van der Waals surface area contributed by atoms with Crippen LogP contribution in [0.3, 0.4) is 0 Å². The Kier molecular flexibility index (Phi) is 19.5. The molecule has 0 saturated carbocycles. The number of hydrogen-bond donors (Lipinski definition) is 2. The second kappa shape index (κ2) is 20.4. The third-order valence-corrected chi connectivity index (χ3v) is 6.56. The van der Waals surface area contributed by atoms with Gasteiger partial charge >= 0.3 is 17.9 Å². The Morgan fingerprint density at radius 3 is 1.64 bits per heavy atom. The van der Waals surface area contributed by atoms with Gasteiger partial charge in [-0.2, -0.15) is 0 Å². The van der Waals surface area contributed by atoms with Gasteiger partial charge in [0.05, 0.1) is 25.6 Å². The molecule has 0 heterocycles. The quantitative estimate of drug-likeness (QED) is 0.115. The average molecular weight is 515 g/mol. The normalized spacial score (nSPS) is 14.0. The zero-order chi connectivity index (χ0) is 27.4. The third kappa shape index (κ3) is 16.2. The summed E-state index contributed by atoms with van der Waals surface area (Å²) in [6.07, 6.45) is 11.3. The van der Waals surface area contributed by atoms with Crippen molar-refractivity contribution in [1.29, 1.82) is 0 Å². The number of aliphatic hydroxyl groups is 1. The van der Waals surface area contributed by atoms with Crippen LogP contribution in [0.15, 0.2) is 0 Å². The van der Waals surface area contributed by atoms with E-state index in [9.17, 15) is 24.6 Å². The largest absolute Gasteiger partial charge is 0.481 e. The van der Waals surface area contributed by atoms with Crippen molar-refractivity contribution in [3.8, 4) is 0 Å². The average Bonchev–Trinajstić information content (AvgIpc) is 2.79. The molecule has 0 spiro atoms. The van der Waals surface area contributed by atoms with Gasteiger partial charge in [0, 0.05) is 0 Å². The molecule has 2 N–H and O–H groups in total. The predicted octanol–water partition coefficient (Wildman–Crippen LogP) is 6.69. The van der Waals surface area contributed by atoms with Crippen LogP contribution in [0.2, 0.25) is 0 Å². The maximum absolute atomic E-state index is 13.0. The van der Waals surface area contributed by atoms with E-state index in [2.05, 4.69) is 27.7 Å². The minimum Gasteiger partial charge on any atom is -0.481 e. The summed E-state index contributed by atoms with van der Waals surface area (Å²) in [6, 6.07) is 0. The van der Waals surface area contributed by atoms with Crippen molar-refractivity contribution in [2.75, 3.05) is 13.2 Å². The van der Waals surface area contributed by atoms with E-state index in [0.29, 0.717) is 31.1 Å². The fourth-order valence-corrected chi connectivity index (χ4v) is 4.30. The number of aliphatic carboxylic acids is 1. The van der Waals surface area contributed by atoms with E-state index in [1.165, 1.54) is 6.42 Å². The van der Waals surface area contributed by atoms with E-state index in [4.69, 9.17) is 9.47 Å². The topological polar surface area (TPSA) is 110 Å². The van der Waals surface area contributed by atoms with Gasteiger partial charge < -0.3 is 19.7 Å². The molecule has 0 aliphatic heterocycles. The van der Waals surface area contributed by atoms with Crippen molar-refractivity contribution < 1.29 is 34.1 Å². The Morgan fingerprint density at radius 1 is 0.694 bits per heavy atom. The number of carbonyl (C=O) groups is 3. The number of carboxylic acid groups (broad SMARTS) is 1. The molecule has 0 aliphatic rings.